The quantitative estimate of drug-likeness (QED) is 0.903. The van der Waals surface area contributed by atoms with Gasteiger partial charge in [-0.25, -0.2) is 0 Å². The number of hydrogen-bond donors (Lipinski definition) is 1. The highest BCUT2D eigenvalue weighted by Gasteiger charge is 2.17. The van der Waals surface area contributed by atoms with E-state index in [9.17, 15) is 4.79 Å². The Balaban J connectivity index is 1.71. The number of nitrogens with one attached hydrogen (secondary N) is 1. The molecule has 0 bridgehead atoms. The number of nitrogens with zero attached hydrogens (tertiary/aromatic N) is 1. The first-order valence-corrected chi connectivity index (χ1v) is 8.56. The van der Waals surface area contributed by atoms with Gasteiger partial charge in [-0.3, -0.25) is 4.79 Å². The monoisotopic (exact) mass is 340 g/mol. The van der Waals surface area contributed by atoms with Crippen molar-refractivity contribution in [3.05, 3.63) is 48.0 Å². The molecular weight excluding hydrogens is 316 g/mol. The van der Waals surface area contributed by atoms with Crippen molar-refractivity contribution < 1.29 is 14.3 Å². The van der Waals surface area contributed by atoms with Gasteiger partial charge in [-0.05, 0) is 44.5 Å². The van der Waals surface area contributed by atoms with Crippen LogP contribution in [0.3, 0.4) is 0 Å². The first-order valence-electron chi connectivity index (χ1n) is 8.56. The molecule has 0 radical (unpaired) electrons. The van der Waals surface area contributed by atoms with Gasteiger partial charge in [0.15, 0.2) is 11.5 Å². The molecule has 0 aromatic heterocycles. The summed E-state index contributed by atoms with van der Waals surface area (Å²) in [6.45, 7) is 7.60. The minimum Gasteiger partial charge on any atom is -0.486 e. The smallest absolute Gasteiger partial charge is 0.243 e. The van der Waals surface area contributed by atoms with Gasteiger partial charge in [-0.15, -0.1) is 0 Å². The third-order valence-electron chi connectivity index (χ3n) is 4.19. The molecule has 1 aliphatic rings. The summed E-state index contributed by atoms with van der Waals surface area (Å²) in [7, 11) is 0. The summed E-state index contributed by atoms with van der Waals surface area (Å²) in [5, 5.41) is 2.95. The molecule has 0 aliphatic carbocycles. The van der Waals surface area contributed by atoms with Gasteiger partial charge in [0.05, 0.1) is 6.54 Å². The van der Waals surface area contributed by atoms with E-state index in [0.29, 0.717) is 30.4 Å². The van der Waals surface area contributed by atoms with E-state index in [-0.39, 0.29) is 18.5 Å². The zero-order chi connectivity index (χ0) is 17.8. The van der Waals surface area contributed by atoms with Crippen LogP contribution in [0.25, 0.3) is 0 Å². The molecule has 1 N–H and O–H groups in total. The second-order valence-electron chi connectivity index (χ2n) is 6.41. The van der Waals surface area contributed by atoms with Gasteiger partial charge in [0, 0.05) is 23.5 Å². The van der Waals surface area contributed by atoms with Crippen LogP contribution in [0, 0.1) is 6.92 Å². The van der Waals surface area contributed by atoms with E-state index in [1.165, 1.54) is 0 Å². The summed E-state index contributed by atoms with van der Waals surface area (Å²) < 4.78 is 11.1. The zero-order valence-electron chi connectivity index (χ0n) is 14.9. The number of benzene rings is 2. The van der Waals surface area contributed by atoms with E-state index in [2.05, 4.69) is 37.1 Å². The Morgan fingerprint density at radius 2 is 1.84 bits per heavy atom. The molecule has 0 fully saturated rings. The minimum absolute atomic E-state index is 0.0615. The first kappa shape index (κ1) is 17.1. The number of carbonyl (C=O) groups is 1. The molecule has 132 valence electrons. The molecular formula is C20H24N2O3. The van der Waals surface area contributed by atoms with Crippen LogP contribution in [-0.2, 0) is 4.79 Å². The average molecular weight is 340 g/mol. The Labute approximate surface area is 148 Å². The van der Waals surface area contributed by atoms with E-state index in [1.807, 2.05) is 30.3 Å². The third kappa shape index (κ3) is 4.05. The van der Waals surface area contributed by atoms with Gasteiger partial charge in [0.25, 0.3) is 0 Å². The topological polar surface area (TPSA) is 50.8 Å². The van der Waals surface area contributed by atoms with Crippen LogP contribution in [0.5, 0.6) is 11.5 Å². The molecule has 0 saturated carbocycles. The summed E-state index contributed by atoms with van der Waals surface area (Å²) in [6, 6.07) is 13.8. The number of fused-ring (bicyclic) bond motifs is 1. The van der Waals surface area contributed by atoms with Gasteiger partial charge in [-0.1, -0.05) is 18.2 Å². The van der Waals surface area contributed by atoms with Crippen LogP contribution in [-0.4, -0.2) is 31.7 Å². The minimum atomic E-state index is -0.0615. The van der Waals surface area contributed by atoms with Crippen LogP contribution < -0.4 is 19.7 Å². The van der Waals surface area contributed by atoms with Crippen molar-refractivity contribution in [2.24, 2.45) is 0 Å². The fourth-order valence-electron chi connectivity index (χ4n) is 2.91. The number of ether oxygens (including phenoxy) is 2. The number of anilines is 2. The molecule has 1 aliphatic heterocycles. The van der Waals surface area contributed by atoms with Crippen LogP contribution in [0.1, 0.15) is 19.4 Å². The largest absolute Gasteiger partial charge is 0.486 e. The predicted molar refractivity (Wildman–Crippen MR) is 99.7 cm³/mol. The molecule has 25 heavy (non-hydrogen) atoms. The van der Waals surface area contributed by atoms with Crippen LogP contribution in [0.15, 0.2) is 42.5 Å². The van der Waals surface area contributed by atoms with Crippen molar-refractivity contribution in [2.45, 2.75) is 26.8 Å². The lowest BCUT2D eigenvalue weighted by Crippen LogP contribution is -2.38. The summed E-state index contributed by atoms with van der Waals surface area (Å²) in [5.74, 6) is 1.32. The maximum atomic E-state index is 12.6. The molecule has 1 heterocycles. The van der Waals surface area contributed by atoms with Crippen molar-refractivity contribution in [1.29, 1.82) is 0 Å². The SMILES string of the molecule is Cc1ccccc1N(CC(=O)Nc1ccc2c(c1)OCCO2)C(C)C. The maximum Gasteiger partial charge on any atom is 0.243 e. The summed E-state index contributed by atoms with van der Waals surface area (Å²) in [4.78, 5) is 14.7. The van der Waals surface area contributed by atoms with E-state index in [1.54, 1.807) is 6.07 Å². The van der Waals surface area contributed by atoms with Crippen molar-refractivity contribution in [3.8, 4) is 11.5 Å². The Morgan fingerprint density at radius 3 is 2.56 bits per heavy atom. The Morgan fingerprint density at radius 1 is 1.12 bits per heavy atom. The fourth-order valence-corrected chi connectivity index (χ4v) is 2.91. The lowest BCUT2D eigenvalue weighted by Gasteiger charge is -2.29. The van der Waals surface area contributed by atoms with Gasteiger partial charge >= 0.3 is 0 Å². The highest BCUT2D eigenvalue weighted by molar-refractivity contribution is 5.94. The molecule has 2 aromatic rings. The molecule has 5 heteroatoms. The molecule has 3 rings (SSSR count). The third-order valence-corrected chi connectivity index (χ3v) is 4.19. The predicted octanol–water partition coefficient (Wildman–Crippen LogP) is 3.62. The van der Waals surface area contributed by atoms with Gasteiger partial charge in [0.1, 0.15) is 13.2 Å². The van der Waals surface area contributed by atoms with Crippen LogP contribution >= 0.6 is 0 Å². The number of rotatable bonds is 5. The zero-order valence-corrected chi connectivity index (χ0v) is 14.9. The normalized spacial score (nSPS) is 12.8. The van der Waals surface area contributed by atoms with Crippen molar-refractivity contribution in [1.82, 2.24) is 0 Å². The van der Waals surface area contributed by atoms with Gasteiger partial charge < -0.3 is 19.7 Å². The molecule has 1 amide bonds. The maximum absolute atomic E-state index is 12.6. The Kier molecular flexibility index (Phi) is 5.12. The van der Waals surface area contributed by atoms with Gasteiger partial charge in [-0.2, -0.15) is 0 Å². The van der Waals surface area contributed by atoms with Gasteiger partial charge in [0.2, 0.25) is 5.91 Å². The second kappa shape index (κ2) is 7.47. The molecule has 0 unspecified atom stereocenters. The van der Waals surface area contributed by atoms with Crippen molar-refractivity contribution >= 4 is 17.3 Å². The molecule has 0 saturated heterocycles. The lowest BCUT2D eigenvalue weighted by molar-refractivity contribution is -0.115. The molecule has 2 aromatic carbocycles. The molecule has 0 spiro atoms. The van der Waals surface area contributed by atoms with E-state index >= 15 is 0 Å². The average Bonchev–Trinajstić information content (AvgIpc) is 2.60. The van der Waals surface area contributed by atoms with Crippen molar-refractivity contribution in [2.75, 3.05) is 30.0 Å². The molecule has 5 nitrogen and oxygen atoms in total. The number of hydrogen-bond acceptors (Lipinski definition) is 4. The number of para-hydroxylation sites is 1. The summed E-state index contributed by atoms with van der Waals surface area (Å²) >= 11 is 0. The lowest BCUT2D eigenvalue weighted by atomic mass is 10.1. The van der Waals surface area contributed by atoms with E-state index < -0.39 is 0 Å². The standard InChI is InChI=1S/C20H24N2O3/c1-14(2)22(17-7-5-4-6-15(17)3)13-20(23)21-16-8-9-18-19(12-16)25-11-10-24-18/h4-9,12,14H,10-11,13H2,1-3H3,(H,21,23). The fraction of sp³-hybridized carbons (Fsp3) is 0.350. The van der Waals surface area contributed by atoms with E-state index in [4.69, 9.17) is 9.47 Å². The summed E-state index contributed by atoms with van der Waals surface area (Å²) in [5.41, 5.74) is 2.95. The Bertz CT molecular complexity index is 758. The number of amides is 1. The molecule has 0 atom stereocenters. The van der Waals surface area contributed by atoms with Crippen LogP contribution in [0.2, 0.25) is 0 Å². The second-order valence-corrected chi connectivity index (χ2v) is 6.41. The highest BCUT2D eigenvalue weighted by atomic mass is 16.6. The van der Waals surface area contributed by atoms with E-state index in [0.717, 1.165) is 11.3 Å². The Hall–Kier alpha value is -2.69. The summed E-state index contributed by atoms with van der Waals surface area (Å²) in [6.07, 6.45) is 0. The number of aryl methyl sites for hydroxylation is 1. The first-order chi connectivity index (χ1) is 12.0. The van der Waals surface area contributed by atoms with Crippen LogP contribution in [0.4, 0.5) is 11.4 Å². The van der Waals surface area contributed by atoms with Crippen molar-refractivity contribution in [3.63, 3.8) is 0 Å². The highest BCUT2D eigenvalue weighted by Crippen LogP contribution is 2.32. The number of carbonyl (C=O) groups excluding carboxylic acids is 1.